The van der Waals surface area contributed by atoms with Crippen molar-refractivity contribution in [1.29, 1.82) is 0 Å². The molecule has 0 unspecified atom stereocenters. The van der Waals surface area contributed by atoms with Crippen LogP contribution in [0.1, 0.15) is 59.1 Å². The van der Waals surface area contributed by atoms with Gasteiger partial charge in [-0.2, -0.15) is 0 Å². The molecule has 0 bridgehead atoms. The summed E-state index contributed by atoms with van der Waals surface area (Å²) in [4.78, 5) is 26.6. The lowest BCUT2D eigenvalue weighted by atomic mass is 9.89. The van der Waals surface area contributed by atoms with Gasteiger partial charge in [0.25, 0.3) is 5.91 Å². The van der Waals surface area contributed by atoms with Gasteiger partial charge in [0.05, 0.1) is 11.3 Å². The second kappa shape index (κ2) is 6.44. The average Bonchev–Trinajstić information content (AvgIpc) is 3.47. The number of nitrogens with one attached hydrogen (secondary N) is 1. The summed E-state index contributed by atoms with van der Waals surface area (Å²) >= 11 is 0. The average molecular weight is 364 g/mol. The largest absolute Gasteiger partial charge is 0.361 e. The number of amides is 1. The van der Waals surface area contributed by atoms with Gasteiger partial charge < -0.3 is 9.88 Å². The van der Waals surface area contributed by atoms with Gasteiger partial charge in [-0.25, -0.2) is 14.4 Å². The van der Waals surface area contributed by atoms with Crippen LogP contribution in [0.2, 0.25) is 0 Å². The second-order valence-electron chi connectivity index (χ2n) is 7.60. The van der Waals surface area contributed by atoms with E-state index in [0.717, 1.165) is 47.8 Å². The van der Waals surface area contributed by atoms with Crippen LogP contribution in [-0.2, 0) is 0 Å². The van der Waals surface area contributed by atoms with Crippen LogP contribution in [0.15, 0.2) is 36.9 Å². The fraction of sp³-hybridized carbons (Fsp3) is 0.381. The number of hydrogen-bond acceptors (Lipinski definition) is 3. The Morgan fingerprint density at radius 3 is 2.74 bits per heavy atom. The molecular formula is C21H21FN4O. The molecule has 0 atom stereocenters. The van der Waals surface area contributed by atoms with Crippen molar-refractivity contribution in [1.82, 2.24) is 19.9 Å². The van der Waals surface area contributed by atoms with Crippen LogP contribution in [0.5, 0.6) is 0 Å². The van der Waals surface area contributed by atoms with E-state index >= 15 is 0 Å². The Labute approximate surface area is 156 Å². The summed E-state index contributed by atoms with van der Waals surface area (Å²) < 4.78 is 13.6. The molecule has 2 fully saturated rings. The molecule has 1 aliphatic carbocycles. The van der Waals surface area contributed by atoms with Gasteiger partial charge in [-0.1, -0.05) is 0 Å². The molecule has 1 aliphatic heterocycles. The molecular weight excluding hydrogens is 343 g/mol. The van der Waals surface area contributed by atoms with Crippen LogP contribution in [0.3, 0.4) is 0 Å². The summed E-state index contributed by atoms with van der Waals surface area (Å²) in [6, 6.07) is 4.85. The van der Waals surface area contributed by atoms with Crippen molar-refractivity contribution in [2.24, 2.45) is 0 Å². The highest BCUT2D eigenvalue weighted by molar-refractivity contribution is 5.95. The van der Waals surface area contributed by atoms with E-state index in [-0.39, 0.29) is 11.7 Å². The minimum Gasteiger partial charge on any atom is -0.361 e. The van der Waals surface area contributed by atoms with Gasteiger partial charge >= 0.3 is 0 Å². The van der Waals surface area contributed by atoms with E-state index in [1.807, 2.05) is 11.1 Å². The predicted molar refractivity (Wildman–Crippen MR) is 100 cm³/mol. The topological polar surface area (TPSA) is 61.9 Å². The molecule has 6 heteroatoms. The van der Waals surface area contributed by atoms with Crippen molar-refractivity contribution < 1.29 is 9.18 Å². The van der Waals surface area contributed by atoms with Gasteiger partial charge in [0.2, 0.25) is 0 Å². The summed E-state index contributed by atoms with van der Waals surface area (Å²) in [6.07, 6.45) is 9.16. The number of piperidine rings is 1. The van der Waals surface area contributed by atoms with Gasteiger partial charge in [-0.3, -0.25) is 4.79 Å². The zero-order valence-electron chi connectivity index (χ0n) is 15.0. The van der Waals surface area contributed by atoms with E-state index in [4.69, 9.17) is 0 Å². The molecule has 1 aromatic carbocycles. The number of likely N-dealkylation sites (tertiary alicyclic amines) is 1. The van der Waals surface area contributed by atoms with E-state index in [0.29, 0.717) is 30.5 Å². The molecule has 1 saturated heterocycles. The number of hydrogen-bond donors (Lipinski definition) is 1. The quantitative estimate of drug-likeness (QED) is 0.764. The third-order valence-electron chi connectivity index (χ3n) is 5.84. The number of fused-ring (bicyclic) bond motifs is 1. The zero-order valence-corrected chi connectivity index (χ0v) is 15.0. The third kappa shape index (κ3) is 2.99. The molecule has 2 aliphatic rings. The molecule has 1 amide bonds. The van der Waals surface area contributed by atoms with Crippen molar-refractivity contribution in [3.8, 4) is 0 Å². The summed E-state index contributed by atoms with van der Waals surface area (Å²) in [6.45, 7) is 1.40. The number of aromatic amines is 1. The number of halogens is 1. The third-order valence-corrected chi connectivity index (χ3v) is 5.84. The fourth-order valence-electron chi connectivity index (χ4n) is 4.20. The summed E-state index contributed by atoms with van der Waals surface area (Å²) in [7, 11) is 0. The first-order valence-electron chi connectivity index (χ1n) is 9.56. The summed E-state index contributed by atoms with van der Waals surface area (Å²) in [5.41, 5.74) is 3.68. The second-order valence-corrected chi connectivity index (χ2v) is 7.60. The lowest BCUT2D eigenvalue weighted by Crippen LogP contribution is -2.38. The first kappa shape index (κ1) is 16.4. The number of rotatable bonds is 3. The first-order chi connectivity index (χ1) is 13.2. The first-order valence-corrected chi connectivity index (χ1v) is 9.56. The van der Waals surface area contributed by atoms with Crippen LogP contribution in [0.4, 0.5) is 4.39 Å². The van der Waals surface area contributed by atoms with Gasteiger partial charge in [-0.05, 0) is 55.4 Å². The minimum atomic E-state index is -0.215. The highest BCUT2D eigenvalue weighted by atomic mass is 19.1. The van der Waals surface area contributed by atoms with Gasteiger partial charge in [0, 0.05) is 42.3 Å². The molecule has 27 heavy (non-hydrogen) atoms. The maximum Gasteiger partial charge on any atom is 0.257 e. The normalized spacial score (nSPS) is 18.2. The van der Waals surface area contributed by atoms with Crippen LogP contribution in [0, 0.1) is 5.82 Å². The molecule has 138 valence electrons. The lowest BCUT2D eigenvalue weighted by Gasteiger charge is -2.32. The Morgan fingerprint density at radius 2 is 1.96 bits per heavy atom. The van der Waals surface area contributed by atoms with Crippen molar-refractivity contribution >= 4 is 16.8 Å². The van der Waals surface area contributed by atoms with Gasteiger partial charge in [-0.15, -0.1) is 0 Å². The Hall–Kier alpha value is -2.76. The van der Waals surface area contributed by atoms with E-state index in [9.17, 15) is 9.18 Å². The zero-order chi connectivity index (χ0) is 18.4. The molecule has 0 spiro atoms. The fourth-order valence-corrected chi connectivity index (χ4v) is 4.20. The Morgan fingerprint density at radius 1 is 1.15 bits per heavy atom. The smallest absolute Gasteiger partial charge is 0.257 e. The van der Waals surface area contributed by atoms with Crippen LogP contribution < -0.4 is 0 Å². The van der Waals surface area contributed by atoms with Gasteiger partial charge in [0.15, 0.2) is 0 Å². The molecule has 1 N–H and O–H groups in total. The summed E-state index contributed by atoms with van der Waals surface area (Å²) in [5.74, 6) is 0.582. The highest BCUT2D eigenvalue weighted by Crippen LogP contribution is 2.41. The van der Waals surface area contributed by atoms with Crippen molar-refractivity contribution in [2.45, 2.75) is 37.5 Å². The predicted octanol–water partition coefficient (Wildman–Crippen LogP) is 3.99. The van der Waals surface area contributed by atoms with Crippen molar-refractivity contribution in [3.05, 3.63) is 59.6 Å². The molecule has 5 nitrogen and oxygen atoms in total. The molecule has 3 aromatic rings. The Bertz CT molecular complexity index is 1000. The highest BCUT2D eigenvalue weighted by Gasteiger charge is 2.32. The van der Waals surface area contributed by atoms with Crippen molar-refractivity contribution in [3.63, 3.8) is 0 Å². The molecule has 1 saturated carbocycles. The lowest BCUT2D eigenvalue weighted by molar-refractivity contribution is 0.0711. The molecule has 2 aromatic heterocycles. The minimum absolute atomic E-state index is 0.0425. The Kier molecular flexibility index (Phi) is 3.92. The van der Waals surface area contributed by atoms with Crippen LogP contribution in [0.25, 0.3) is 10.9 Å². The number of carbonyl (C=O) groups is 1. The van der Waals surface area contributed by atoms with Crippen LogP contribution >= 0.6 is 0 Å². The van der Waals surface area contributed by atoms with E-state index in [1.54, 1.807) is 18.3 Å². The number of aromatic nitrogens is 3. The molecule has 5 rings (SSSR count). The number of carbonyl (C=O) groups excluding carboxylic acids is 1. The van der Waals surface area contributed by atoms with Gasteiger partial charge in [0.1, 0.15) is 12.1 Å². The van der Waals surface area contributed by atoms with Crippen molar-refractivity contribution in [2.75, 3.05) is 13.1 Å². The molecule has 0 radical (unpaired) electrons. The Balaban J connectivity index is 1.33. The SMILES string of the molecule is O=C(c1cncnc1C1CC1)N1CCC(c2c[nH]c3ccc(F)cc23)CC1. The number of H-pyrrole nitrogens is 1. The summed E-state index contributed by atoms with van der Waals surface area (Å²) in [5, 5.41) is 0.951. The standard InChI is InChI=1S/C21H21FN4O/c22-15-3-4-19-16(9-15)17(11-24-19)13-5-7-26(8-6-13)21(27)18-10-23-12-25-20(18)14-1-2-14/h3-4,9-14,24H,1-2,5-8H2. The van der Waals surface area contributed by atoms with Crippen LogP contribution in [-0.4, -0.2) is 38.8 Å². The number of nitrogens with zero attached hydrogens (tertiary/aromatic N) is 3. The maximum absolute atomic E-state index is 13.6. The molecule has 3 heterocycles. The monoisotopic (exact) mass is 364 g/mol. The van der Waals surface area contributed by atoms with E-state index in [2.05, 4.69) is 15.0 Å². The maximum atomic E-state index is 13.6. The number of benzene rings is 1. The van der Waals surface area contributed by atoms with E-state index in [1.165, 1.54) is 12.4 Å². The van der Waals surface area contributed by atoms with E-state index < -0.39 is 0 Å².